The molecule has 0 unspecified atom stereocenters. The highest BCUT2D eigenvalue weighted by Gasteiger charge is 2.17. The summed E-state index contributed by atoms with van der Waals surface area (Å²) in [7, 11) is -2.46. The SMILES string of the molecule is COc1ccc(NS(=O)(=O)c2cccc(C(=O)N/N=C/c3ccc(Cl)c([N+](=O)[O-])c3)c2)cc1. The van der Waals surface area contributed by atoms with Crippen molar-refractivity contribution in [3.8, 4) is 5.75 Å². The van der Waals surface area contributed by atoms with Crippen molar-refractivity contribution in [1.29, 1.82) is 0 Å². The average Bonchev–Trinajstić information content (AvgIpc) is 2.80. The molecule has 3 aromatic carbocycles. The first kappa shape index (κ1) is 23.7. The van der Waals surface area contributed by atoms with Gasteiger partial charge in [-0.05, 0) is 48.5 Å². The Kier molecular flexibility index (Phi) is 7.26. The van der Waals surface area contributed by atoms with E-state index in [1.165, 1.54) is 55.8 Å². The minimum absolute atomic E-state index is 0.0255. The number of hydrogen-bond acceptors (Lipinski definition) is 7. The maximum Gasteiger partial charge on any atom is 0.288 e. The van der Waals surface area contributed by atoms with Crippen molar-refractivity contribution in [3.05, 3.63) is 93.0 Å². The van der Waals surface area contributed by atoms with Gasteiger partial charge in [0.25, 0.3) is 21.6 Å². The van der Waals surface area contributed by atoms with Gasteiger partial charge in [-0.1, -0.05) is 23.7 Å². The molecule has 0 aliphatic rings. The van der Waals surface area contributed by atoms with E-state index in [-0.39, 0.29) is 21.2 Å². The summed E-state index contributed by atoms with van der Waals surface area (Å²) in [5.41, 5.74) is 2.67. The van der Waals surface area contributed by atoms with Crippen molar-refractivity contribution >= 4 is 45.1 Å². The van der Waals surface area contributed by atoms with Crippen molar-refractivity contribution in [1.82, 2.24) is 5.43 Å². The summed E-state index contributed by atoms with van der Waals surface area (Å²) in [6, 6.07) is 15.7. The number of hydrazone groups is 1. The number of nitrogens with zero attached hydrogens (tertiary/aromatic N) is 2. The van der Waals surface area contributed by atoms with Crippen molar-refractivity contribution in [2.75, 3.05) is 11.8 Å². The molecule has 0 saturated carbocycles. The highest BCUT2D eigenvalue weighted by Crippen LogP contribution is 2.24. The lowest BCUT2D eigenvalue weighted by atomic mass is 10.2. The average molecular weight is 489 g/mol. The standard InChI is InChI=1S/C21H17ClN4O6S/c1-32-17-8-6-16(7-9-17)25-33(30,31)18-4-2-3-15(12-18)21(27)24-23-13-14-5-10-19(22)20(11-14)26(28)29/h2-13,25H,1H3,(H,24,27)/b23-13+. The summed E-state index contributed by atoms with van der Waals surface area (Å²) < 4.78 is 32.8. The van der Waals surface area contributed by atoms with Crippen LogP contribution in [0.5, 0.6) is 5.75 Å². The number of ether oxygens (including phenoxy) is 1. The fourth-order valence-corrected chi connectivity index (χ4v) is 3.95. The Hall–Kier alpha value is -3.96. The molecule has 0 radical (unpaired) electrons. The van der Waals surface area contributed by atoms with Crippen LogP contribution in [0.1, 0.15) is 15.9 Å². The lowest BCUT2D eigenvalue weighted by Crippen LogP contribution is -2.19. The highest BCUT2D eigenvalue weighted by molar-refractivity contribution is 7.92. The summed E-state index contributed by atoms with van der Waals surface area (Å²) in [6.45, 7) is 0. The first-order valence-electron chi connectivity index (χ1n) is 9.24. The number of halogens is 1. The smallest absolute Gasteiger partial charge is 0.288 e. The summed E-state index contributed by atoms with van der Waals surface area (Å²) in [5.74, 6) is -0.0958. The number of carbonyl (C=O) groups excluding carboxylic acids is 1. The number of hydrogen-bond donors (Lipinski definition) is 2. The second kappa shape index (κ2) is 10.1. The van der Waals surface area contributed by atoms with E-state index in [0.29, 0.717) is 17.0 Å². The number of carbonyl (C=O) groups is 1. The highest BCUT2D eigenvalue weighted by atomic mass is 35.5. The monoisotopic (exact) mass is 488 g/mol. The van der Waals surface area contributed by atoms with E-state index in [1.807, 2.05) is 0 Å². The molecular weight excluding hydrogens is 472 g/mol. The second-order valence-electron chi connectivity index (χ2n) is 6.53. The van der Waals surface area contributed by atoms with Crippen LogP contribution in [0.25, 0.3) is 0 Å². The minimum atomic E-state index is -3.95. The van der Waals surface area contributed by atoms with E-state index >= 15 is 0 Å². The number of nitro groups is 1. The third kappa shape index (κ3) is 6.05. The normalized spacial score (nSPS) is 11.2. The van der Waals surface area contributed by atoms with Crippen LogP contribution in [0.3, 0.4) is 0 Å². The third-order valence-electron chi connectivity index (χ3n) is 4.30. The molecule has 0 heterocycles. The van der Waals surface area contributed by atoms with E-state index in [2.05, 4.69) is 15.2 Å². The van der Waals surface area contributed by atoms with Crippen LogP contribution in [-0.4, -0.2) is 32.6 Å². The van der Waals surface area contributed by atoms with Gasteiger partial charge in [-0.15, -0.1) is 0 Å². The van der Waals surface area contributed by atoms with Gasteiger partial charge in [0.1, 0.15) is 10.8 Å². The van der Waals surface area contributed by atoms with E-state index in [0.717, 1.165) is 0 Å². The van der Waals surface area contributed by atoms with Crippen LogP contribution in [0.2, 0.25) is 5.02 Å². The Morgan fingerprint density at radius 2 is 1.85 bits per heavy atom. The molecule has 0 aliphatic heterocycles. The second-order valence-corrected chi connectivity index (χ2v) is 8.62. The minimum Gasteiger partial charge on any atom is -0.497 e. The quantitative estimate of drug-likeness (QED) is 0.280. The first-order valence-corrected chi connectivity index (χ1v) is 11.1. The van der Waals surface area contributed by atoms with Crippen molar-refractivity contribution < 1.29 is 22.9 Å². The molecule has 2 N–H and O–H groups in total. The molecule has 0 fully saturated rings. The fourth-order valence-electron chi connectivity index (χ4n) is 2.66. The van der Waals surface area contributed by atoms with Gasteiger partial charge in [0.2, 0.25) is 0 Å². The molecule has 170 valence electrons. The lowest BCUT2D eigenvalue weighted by Gasteiger charge is -2.09. The maximum absolute atomic E-state index is 12.7. The van der Waals surface area contributed by atoms with Gasteiger partial charge in [-0.3, -0.25) is 19.6 Å². The lowest BCUT2D eigenvalue weighted by molar-refractivity contribution is -0.384. The molecule has 0 bridgehead atoms. The molecule has 0 atom stereocenters. The van der Waals surface area contributed by atoms with E-state index in [4.69, 9.17) is 16.3 Å². The summed E-state index contributed by atoms with van der Waals surface area (Å²) in [5, 5.41) is 14.7. The van der Waals surface area contributed by atoms with Crippen molar-refractivity contribution in [2.45, 2.75) is 4.90 Å². The topological polar surface area (TPSA) is 140 Å². The molecule has 0 spiro atoms. The van der Waals surface area contributed by atoms with Gasteiger partial charge in [0.15, 0.2) is 0 Å². The van der Waals surface area contributed by atoms with E-state index < -0.39 is 20.9 Å². The number of methoxy groups -OCH3 is 1. The van der Waals surface area contributed by atoms with Gasteiger partial charge >= 0.3 is 0 Å². The fraction of sp³-hybridized carbons (Fsp3) is 0.0476. The Bertz CT molecular complexity index is 1330. The molecule has 1 amide bonds. The number of nitrogens with one attached hydrogen (secondary N) is 2. The zero-order chi connectivity index (χ0) is 24.0. The Morgan fingerprint density at radius 3 is 2.52 bits per heavy atom. The van der Waals surface area contributed by atoms with Crippen molar-refractivity contribution in [3.63, 3.8) is 0 Å². The van der Waals surface area contributed by atoms with Crippen LogP contribution >= 0.6 is 11.6 Å². The van der Waals surface area contributed by atoms with Gasteiger partial charge in [0, 0.05) is 22.9 Å². The molecule has 12 heteroatoms. The number of benzene rings is 3. The number of nitro benzene ring substituents is 1. The predicted molar refractivity (Wildman–Crippen MR) is 123 cm³/mol. The van der Waals surface area contributed by atoms with Crippen molar-refractivity contribution in [2.24, 2.45) is 5.10 Å². The molecule has 0 saturated heterocycles. The molecule has 10 nitrogen and oxygen atoms in total. The Labute approximate surface area is 194 Å². The van der Waals surface area contributed by atoms with Gasteiger partial charge in [-0.25, -0.2) is 13.8 Å². The summed E-state index contributed by atoms with van der Waals surface area (Å²) in [6.07, 6.45) is 1.20. The summed E-state index contributed by atoms with van der Waals surface area (Å²) in [4.78, 5) is 22.6. The molecule has 0 aliphatic carbocycles. The van der Waals surface area contributed by atoms with Crippen LogP contribution in [-0.2, 0) is 10.0 Å². The van der Waals surface area contributed by atoms with E-state index in [9.17, 15) is 23.3 Å². The zero-order valence-electron chi connectivity index (χ0n) is 17.1. The predicted octanol–water partition coefficient (Wildman–Crippen LogP) is 3.82. The van der Waals surface area contributed by atoms with Gasteiger partial charge < -0.3 is 4.74 Å². The largest absolute Gasteiger partial charge is 0.497 e. The third-order valence-corrected chi connectivity index (χ3v) is 5.99. The Balaban J connectivity index is 1.71. The molecule has 3 aromatic rings. The number of sulfonamides is 1. The maximum atomic E-state index is 12.7. The van der Waals surface area contributed by atoms with Gasteiger partial charge in [0.05, 0.1) is 23.1 Å². The molecule has 3 rings (SSSR count). The molecular formula is C21H17ClN4O6S. The van der Waals surface area contributed by atoms with Crippen LogP contribution in [0, 0.1) is 10.1 Å². The molecule has 33 heavy (non-hydrogen) atoms. The van der Waals surface area contributed by atoms with Crippen LogP contribution in [0.15, 0.2) is 76.7 Å². The summed E-state index contributed by atoms with van der Waals surface area (Å²) >= 11 is 5.76. The number of rotatable bonds is 8. The van der Waals surface area contributed by atoms with Crippen LogP contribution < -0.4 is 14.9 Å². The Morgan fingerprint density at radius 1 is 1.12 bits per heavy atom. The van der Waals surface area contributed by atoms with E-state index in [1.54, 1.807) is 24.3 Å². The zero-order valence-corrected chi connectivity index (χ0v) is 18.6. The number of anilines is 1. The number of amides is 1. The molecule has 0 aromatic heterocycles. The first-order chi connectivity index (χ1) is 15.7. The van der Waals surface area contributed by atoms with Crippen LogP contribution in [0.4, 0.5) is 11.4 Å². The van der Waals surface area contributed by atoms with Gasteiger partial charge in [-0.2, -0.15) is 5.10 Å².